The molecular formula is C24H20F4O2. The lowest BCUT2D eigenvalue weighted by Crippen LogP contribution is -2.26. The SMILES string of the molecule is O=C(/C=C/c1ccc(F)cc1F)C(CC1CCC1)C(=O)/C=C/c1ccc(F)cc1F. The molecule has 0 atom stereocenters. The Labute approximate surface area is 171 Å². The maximum atomic E-state index is 13.8. The summed E-state index contributed by atoms with van der Waals surface area (Å²) < 4.78 is 53.6. The van der Waals surface area contributed by atoms with Crippen LogP contribution < -0.4 is 0 Å². The summed E-state index contributed by atoms with van der Waals surface area (Å²) in [6, 6.07) is 5.97. The Bertz CT molecular complexity index is 933. The van der Waals surface area contributed by atoms with E-state index in [0.29, 0.717) is 18.6 Å². The van der Waals surface area contributed by atoms with Gasteiger partial charge in [0.25, 0.3) is 0 Å². The first-order chi connectivity index (χ1) is 14.3. The van der Waals surface area contributed by atoms with Crippen LogP contribution in [0.1, 0.15) is 36.8 Å². The Balaban J connectivity index is 1.77. The van der Waals surface area contributed by atoms with E-state index in [4.69, 9.17) is 0 Å². The van der Waals surface area contributed by atoms with Crippen molar-refractivity contribution >= 4 is 23.7 Å². The van der Waals surface area contributed by atoms with E-state index in [1.54, 1.807) is 0 Å². The van der Waals surface area contributed by atoms with Crippen LogP contribution in [0, 0.1) is 35.1 Å². The van der Waals surface area contributed by atoms with Gasteiger partial charge in [0.2, 0.25) is 0 Å². The van der Waals surface area contributed by atoms with Crippen LogP contribution >= 0.6 is 0 Å². The summed E-state index contributed by atoms with van der Waals surface area (Å²) in [4.78, 5) is 25.3. The van der Waals surface area contributed by atoms with Crippen LogP contribution in [0.2, 0.25) is 0 Å². The molecule has 1 fully saturated rings. The van der Waals surface area contributed by atoms with Gasteiger partial charge in [-0.1, -0.05) is 19.3 Å². The number of benzene rings is 2. The summed E-state index contributed by atoms with van der Waals surface area (Å²) in [7, 11) is 0. The number of allylic oxidation sites excluding steroid dienone is 2. The van der Waals surface area contributed by atoms with Gasteiger partial charge in [-0.05, 0) is 60.9 Å². The first kappa shape index (κ1) is 21.7. The second-order valence-corrected chi connectivity index (χ2v) is 7.39. The van der Waals surface area contributed by atoms with Crippen LogP contribution in [-0.4, -0.2) is 11.6 Å². The molecule has 2 nitrogen and oxygen atoms in total. The highest BCUT2D eigenvalue weighted by atomic mass is 19.1. The number of carbonyl (C=O) groups is 2. The van der Waals surface area contributed by atoms with Crippen LogP contribution in [0.3, 0.4) is 0 Å². The molecule has 0 radical (unpaired) electrons. The van der Waals surface area contributed by atoms with E-state index in [2.05, 4.69) is 0 Å². The van der Waals surface area contributed by atoms with Gasteiger partial charge in [-0.15, -0.1) is 0 Å². The molecule has 0 aliphatic heterocycles. The highest BCUT2D eigenvalue weighted by molar-refractivity contribution is 6.13. The number of carbonyl (C=O) groups excluding carboxylic acids is 2. The molecule has 30 heavy (non-hydrogen) atoms. The first-order valence-electron chi connectivity index (χ1n) is 9.67. The van der Waals surface area contributed by atoms with Crippen LogP contribution in [0.25, 0.3) is 12.2 Å². The second-order valence-electron chi connectivity index (χ2n) is 7.39. The second kappa shape index (κ2) is 9.65. The molecule has 3 rings (SSSR count). The molecule has 0 saturated heterocycles. The van der Waals surface area contributed by atoms with Crippen LogP contribution in [-0.2, 0) is 9.59 Å². The molecule has 0 spiro atoms. The van der Waals surface area contributed by atoms with Gasteiger partial charge < -0.3 is 0 Å². The zero-order chi connectivity index (χ0) is 21.7. The Hall–Kier alpha value is -3.02. The minimum atomic E-state index is -0.977. The maximum Gasteiger partial charge on any atom is 0.166 e. The van der Waals surface area contributed by atoms with Gasteiger partial charge in [0, 0.05) is 23.3 Å². The lowest BCUT2D eigenvalue weighted by molar-refractivity contribution is -0.128. The first-order valence-corrected chi connectivity index (χ1v) is 9.67. The van der Waals surface area contributed by atoms with Gasteiger partial charge in [-0.3, -0.25) is 9.59 Å². The van der Waals surface area contributed by atoms with Crippen molar-refractivity contribution in [2.75, 3.05) is 0 Å². The fraction of sp³-hybridized carbons (Fsp3) is 0.250. The van der Waals surface area contributed by atoms with Crippen molar-refractivity contribution in [3.05, 3.63) is 82.9 Å². The molecular weight excluding hydrogens is 396 g/mol. The fourth-order valence-corrected chi connectivity index (χ4v) is 3.28. The zero-order valence-corrected chi connectivity index (χ0v) is 16.1. The fourth-order valence-electron chi connectivity index (χ4n) is 3.28. The van der Waals surface area contributed by atoms with Crippen molar-refractivity contribution in [3.63, 3.8) is 0 Å². The molecule has 2 aromatic carbocycles. The Kier molecular flexibility index (Phi) is 6.98. The molecule has 1 aliphatic rings. The monoisotopic (exact) mass is 416 g/mol. The van der Waals surface area contributed by atoms with Crippen molar-refractivity contribution in [1.82, 2.24) is 0 Å². The number of hydrogen-bond acceptors (Lipinski definition) is 2. The summed E-state index contributed by atoms with van der Waals surface area (Å²) in [5, 5.41) is 0. The number of halogens is 4. The van der Waals surface area contributed by atoms with Crippen molar-refractivity contribution in [2.45, 2.75) is 25.7 Å². The van der Waals surface area contributed by atoms with E-state index in [1.165, 1.54) is 24.3 Å². The summed E-state index contributed by atoms with van der Waals surface area (Å²) in [5.74, 6) is -4.82. The van der Waals surface area contributed by atoms with Crippen molar-refractivity contribution in [2.24, 2.45) is 11.8 Å². The molecule has 0 aromatic heterocycles. The van der Waals surface area contributed by atoms with Gasteiger partial charge in [0.05, 0.1) is 5.92 Å². The van der Waals surface area contributed by atoms with Crippen molar-refractivity contribution in [3.8, 4) is 0 Å². The molecule has 0 bridgehead atoms. The average Bonchev–Trinajstić information content (AvgIpc) is 2.65. The van der Waals surface area contributed by atoms with Crippen molar-refractivity contribution in [1.29, 1.82) is 0 Å². The third-order valence-corrected chi connectivity index (χ3v) is 5.26. The van der Waals surface area contributed by atoms with E-state index in [9.17, 15) is 27.2 Å². The van der Waals surface area contributed by atoms with Gasteiger partial charge in [-0.2, -0.15) is 0 Å². The highest BCUT2D eigenvalue weighted by Gasteiger charge is 2.29. The van der Waals surface area contributed by atoms with E-state index < -0.39 is 40.8 Å². The van der Waals surface area contributed by atoms with E-state index in [1.807, 2.05) is 0 Å². The van der Waals surface area contributed by atoms with Gasteiger partial charge in [0.15, 0.2) is 11.6 Å². The topological polar surface area (TPSA) is 34.1 Å². The standard InChI is InChI=1S/C24H20F4O2/c25-18-8-4-16(21(27)13-18)6-10-23(29)20(12-15-2-1-3-15)24(30)11-7-17-5-9-19(26)14-22(17)28/h4-11,13-15,20H,1-3,12H2/b10-6+,11-7+. The van der Waals surface area contributed by atoms with Crippen LogP contribution in [0.5, 0.6) is 0 Å². The number of hydrogen-bond donors (Lipinski definition) is 0. The molecule has 1 saturated carbocycles. The molecule has 0 heterocycles. The summed E-state index contributed by atoms with van der Waals surface area (Å²) in [5.41, 5.74) is 0.0621. The smallest absolute Gasteiger partial charge is 0.166 e. The van der Waals surface area contributed by atoms with Gasteiger partial charge in [-0.25, -0.2) is 17.6 Å². The molecule has 0 unspecified atom stereocenters. The van der Waals surface area contributed by atoms with Gasteiger partial charge >= 0.3 is 0 Å². The normalized spacial score (nSPS) is 14.6. The zero-order valence-electron chi connectivity index (χ0n) is 16.1. The number of rotatable bonds is 8. The molecule has 0 N–H and O–H groups in total. The quantitative estimate of drug-likeness (QED) is 0.304. The highest BCUT2D eigenvalue weighted by Crippen LogP contribution is 2.33. The third kappa shape index (κ3) is 5.53. The molecule has 6 heteroatoms. The lowest BCUT2D eigenvalue weighted by atomic mass is 9.76. The third-order valence-electron chi connectivity index (χ3n) is 5.26. The Morgan fingerprint density at radius 2 is 1.30 bits per heavy atom. The Morgan fingerprint density at radius 3 is 1.67 bits per heavy atom. The molecule has 156 valence electrons. The summed E-state index contributed by atoms with van der Waals surface area (Å²) in [6.07, 6.45) is 7.88. The van der Waals surface area contributed by atoms with E-state index in [0.717, 1.165) is 43.5 Å². The van der Waals surface area contributed by atoms with Crippen LogP contribution in [0.4, 0.5) is 17.6 Å². The molecule has 0 amide bonds. The van der Waals surface area contributed by atoms with Crippen molar-refractivity contribution < 1.29 is 27.2 Å². The minimum absolute atomic E-state index is 0.0310. The average molecular weight is 416 g/mol. The van der Waals surface area contributed by atoms with Gasteiger partial charge in [0.1, 0.15) is 23.3 Å². The molecule has 2 aromatic rings. The predicted molar refractivity (Wildman–Crippen MR) is 106 cm³/mol. The Morgan fingerprint density at radius 1 is 0.833 bits per heavy atom. The maximum absolute atomic E-state index is 13.8. The summed E-state index contributed by atoms with van der Waals surface area (Å²) >= 11 is 0. The van der Waals surface area contributed by atoms with E-state index >= 15 is 0 Å². The summed E-state index contributed by atoms with van der Waals surface area (Å²) in [6.45, 7) is 0. The number of ketones is 2. The largest absolute Gasteiger partial charge is 0.294 e. The predicted octanol–water partition coefficient (Wildman–Crippen LogP) is 5.91. The molecule has 1 aliphatic carbocycles. The lowest BCUT2D eigenvalue weighted by Gasteiger charge is -2.27. The van der Waals surface area contributed by atoms with E-state index in [-0.39, 0.29) is 17.0 Å². The minimum Gasteiger partial charge on any atom is -0.294 e. The van der Waals surface area contributed by atoms with Crippen LogP contribution in [0.15, 0.2) is 48.6 Å².